The lowest BCUT2D eigenvalue weighted by molar-refractivity contribution is -0.132. The predicted octanol–water partition coefficient (Wildman–Crippen LogP) is 1.79. The van der Waals surface area contributed by atoms with Crippen LogP contribution in [0.2, 0.25) is 0 Å². The van der Waals surface area contributed by atoms with Crippen LogP contribution in [0.5, 0.6) is 0 Å². The summed E-state index contributed by atoms with van der Waals surface area (Å²) in [6, 6.07) is 5.71. The third-order valence-electron chi connectivity index (χ3n) is 3.49. The second kappa shape index (κ2) is 6.13. The van der Waals surface area contributed by atoms with E-state index in [9.17, 15) is 17.6 Å². The predicted molar refractivity (Wildman–Crippen MR) is 79.1 cm³/mol. The molecule has 116 valence electrons. The lowest BCUT2D eigenvalue weighted by Crippen LogP contribution is -2.44. The van der Waals surface area contributed by atoms with Crippen LogP contribution in [0.3, 0.4) is 0 Å². The molecular formula is C15H20FNO3S. The maximum atomic E-state index is 13.2. The molecule has 4 nitrogen and oxygen atoms in total. The van der Waals surface area contributed by atoms with Crippen LogP contribution in [0.15, 0.2) is 24.3 Å². The standard InChI is InChI=1S/C15H20FNO3S/c1-11(10-21(2,19)20)17(14-6-7-14)15(18)9-12-4-3-5-13(16)8-12/h3-5,8,11,14H,6-7,9-10H2,1-2H3. The first-order valence-electron chi connectivity index (χ1n) is 6.99. The van der Waals surface area contributed by atoms with Gasteiger partial charge in [0.15, 0.2) is 0 Å². The molecule has 1 aliphatic rings. The first kappa shape index (κ1) is 15.9. The fraction of sp³-hybridized carbons (Fsp3) is 0.533. The molecule has 21 heavy (non-hydrogen) atoms. The molecule has 1 aliphatic carbocycles. The van der Waals surface area contributed by atoms with Gasteiger partial charge >= 0.3 is 0 Å². The number of amides is 1. The van der Waals surface area contributed by atoms with Crippen LogP contribution in [-0.4, -0.2) is 43.3 Å². The number of carbonyl (C=O) groups is 1. The summed E-state index contributed by atoms with van der Waals surface area (Å²) in [6.07, 6.45) is 3.08. The zero-order valence-electron chi connectivity index (χ0n) is 12.3. The highest BCUT2D eigenvalue weighted by atomic mass is 32.2. The zero-order valence-corrected chi connectivity index (χ0v) is 13.1. The van der Waals surface area contributed by atoms with Gasteiger partial charge in [-0.3, -0.25) is 4.79 Å². The SMILES string of the molecule is CC(CS(C)(=O)=O)N(C(=O)Cc1cccc(F)c1)C1CC1. The van der Waals surface area contributed by atoms with E-state index in [1.807, 2.05) is 0 Å². The molecule has 0 aromatic heterocycles. The van der Waals surface area contributed by atoms with Gasteiger partial charge in [0.1, 0.15) is 15.7 Å². The topological polar surface area (TPSA) is 54.5 Å². The summed E-state index contributed by atoms with van der Waals surface area (Å²) in [5, 5.41) is 0. The zero-order chi connectivity index (χ0) is 15.6. The Morgan fingerprint density at radius 1 is 1.43 bits per heavy atom. The summed E-state index contributed by atoms with van der Waals surface area (Å²) in [5.41, 5.74) is 0.609. The summed E-state index contributed by atoms with van der Waals surface area (Å²) in [7, 11) is -3.14. The van der Waals surface area contributed by atoms with Gasteiger partial charge in [0, 0.05) is 18.3 Å². The van der Waals surface area contributed by atoms with Crippen molar-refractivity contribution in [1.29, 1.82) is 0 Å². The second-order valence-electron chi connectivity index (χ2n) is 5.78. The van der Waals surface area contributed by atoms with Crippen molar-refractivity contribution in [3.05, 3.63) is 35.6 Å². The lowest BCUT2D eigenvalue weighted by atomic mass is 10.1. The normalized spacial score (nSPS) is 16.5. The fourth-order valence-electron chi connectivity index (χ4n) is 2.59. The third kappa shape index (κ3) is 4.81. The van der Waals surface area contributed by atoms with Crippen LogP contribution in [0.1, 0.15) is 25.3 Å². The van der Waals surface area contributed by atoms with Gasteiger partial charge in [0.05, 0.1) is 12.2 Å². The van der Waals surface area contributed by atoms with Gasteiger partial charge < -0.3 is 4.90 Å². The van der Waals surface area contributed by atoms with Gasteiger partial charge in [-0.05, 0) is 37.5 Å². The van der Waals surface area contributed by atoms with Gasteiger partial charge in [-0.25, -0.2) is 12.8 Å². The molecular weight excluding hydrogens is 293 g/mol. The van der Waals surface area contributed by atoms with Crippen LogP contribution in [0, 0.1) is 5.82 Å². The Hall–Kier alpha value is -1.43. The van der Waals surface area contributed by atoms with Gasteiger partial charge in [0.2, 0.25) is 5.91 Å². The first-order valence-corrected chi connectivity index (χ1v) is 9.05. The molecule has 0 radical (unpaired) electrons. The van der Waals surface area contributed by atoms with Crippen molar-refractivity contribution in [2.45, 2.75) is 38.3 Å². The number of carbonyl (C=O) groups excluding carboxylic acids is 1. The highest BCUT2D eigenvalue weighted by Crippen LogP contribution is 2.29. The molecule has 0 N–H and O–H groups in total. The van der Waals surface area contributed by atoms with Crippen molar-refractivity contribution >= 4 is 15.7 Å². The van der Waals surface area contributed by atoms with Crippen LogP contribution in [0.4, 0.5) is 4.39 Å². The Morgan fingerprint density at radius 2 is 2.10 bits per heavy atom. The molecule has 1 unspecified atom stereocenters. The third-order valence-corrected chi connectivity index (χ3v) is 4.58. The van der Waals surface area contributed by atoms with E-state index in [0.717, 1.165) is 12.8 Å². The van der Waals surface area contributed by atoms with Crippen LogP contribution >= 0.6 is 0 Å². The second-order valence-corrected chi connectivity index (χ2v) is 7.97. The molecule has 6 heteroatoms. The van der Waals surface area contributed by atoms with Gasteiger partial charge in [-0.1, -0.05) is 12.1 Å². The van der Waals surface area contributed by atoms with Crippen molar-refractivity contribution < 1.29 is 17.6 Å². The first-order chi connectivity index (χ1) is 9.76. The van der Waals surface area contributed by atoms with E-state index in [1.165, 1.54) is 18.4 Å². The minimum Gasteiger partial charge on any atom is -0.336 e. The molecule has 1 aromatic carbocycles. The van der Waals surface area contributed by atoms with Crippen molar-refractivity contribution in [3.8, 4) is 0 Å². The Bertz CT molecular complexity index is 626. The summed E-state index contributed by atoms with van der Waals surface area (Å²) in [5.74, 6) is -0.556. The molecule has 2 rings (SSSR count). The number of rotatable bonds is 6. The Labute approximate surface area is 124 Å². The molecule has 1 saturated carbocycles. The molecule has 0 heterocycles. The minimum absolute atomic E-state index is 0.0433. The maximum Gasteiger partial charge on any atom is 0.227 e. The molecule has 0 saturated heterocycles. The molecule has 1 atom stereocenters. The minimum atomic E-state index is -3.14. The van der Waals surface area contributed by atoms with Gasteiger partial charge in [0.25, 0.3) is 0 Å². The fourth-order valence-corrected chi connectivity index (χ4v) is 3.63. The monoisotopic (exact) mass is 313 g/mol. The summed E-state index contributed by atoms with van der Waals surface area (Å²) in [6.45, 7) is 1.75. The lowest BCUT2D eigenvalue weighted by Gasteiger charge is -2.29. The quantitative estimate of drug-likeness (QED) is 0.804. The molecule has 0 aliphatic heterocycles. The average molecular weight is 313 g/mol. The van der Waals surface area contributed by atoms with Gasteiger partial charge in [-0.15, -0.1) is 0 Å². The number of sulfone groups is 1. The number of nitrogens with zero attached hydrogens (tertiary/aromatic N) is 1. The van der Waals surface area contributed by atoms with Crippen molar-refractivity contribution in [2.24, 2.45) is 0 Å². The van der Waals surface area contributed by atoms with E-state index in [0.29, 0.717) is 5.56 Å². The summed E-state index contributed by atoms with van der Waals surface area (Å²) in [4.78, 5) is 14.1. The van der Waals surface area contributed by atoms with Crippen molar-refractivity contribution in [3.63, 3.8) is 0 Å². The van der Waals surface area contributed by atoms with E-state index in [4.69, 9.17) is 0 Å². The number of benzene rings is 1. The average Bonchev–Trinajstić information content (AvgIpc) is 3.10. The summed E-state index contributed by atoms with van der Waals surface area (Å²) >= 11 is 0. The van der Waals surface area contributed by atoms with E-state index in [-0.39, 0.29) is 36.0 Å². The maximum absolute atomic E-state index is 13.2. The van der Waals surface area contributed by atoms with Gasteiger partial charge in [-0.2, -0.15) is 0 Å². The van der Waals surface area contributed by atoms with E-state index >= 15 is 0 Å². The molecule has 0 spiro atoms. The number of hydrogen-bond donors (Lipinski definition) is 0. The van der Waals surface area contributed by atoms with Crippen LogP contribution in [-0.2, 0) is 21.1 Å². The van der Waals surface area contributed by atoms with E-state index < -0.39 is 9.84 Å². The Morgan fingerprint density at radius 3 is 2.62 bits per heavy atom. The highest BCUT2D eigenvalue weighted by Gasteiger charge is 2.36. The molecule has 1 aromatic rings. The Balaban J connectivity index is 2.09. The smallest absolute Gasteiger partial charge is 0.227 e. The Kier molecular flexibility index (Phi) is 4.66. The molecule has 0 bridgehead atoms. The largest absolute Gasteiger partial charge is 0.336 e. The van der Waals surface area contributed by atoms with Crippen LogP contribution < -0.4 is 0 Å². The van der Waals surface area contributed by atoms with Crippen LogP contribution in [0.25, 0.3) is 0 Å². The summed E-state index contributed by atoms with van der Waals surface area (Å²) < 4.78 is 36.0. The van der Waals surface area contributed by atoms with E-state index in [1.54, 1.807) is 24.0 Å². The number of hydrogen-bond acceptors (Lipinski definition) is 3. The van der Waals surface area contributed by atoms with Crippen molar-refractivity contribution in [1.82, 2.24) is 4.90 Å². The number of halogens is 1. The molecule has 1 fully saturated rings. The van der Waals surface area contributed by atoms with E-state index in [2.05, 4.69) is 0 Å². The molecule has 1 amide bonds. The highest BCUT2D eigenvalue weighted by molar-refractivity contribution is 7.90. The van der Waals surface area contributed by atoms with Crippen molar-refractivity contribution in [2.75, 3.05) is 12.0 Å².